The second-order valence-corrected chi connectivity index (χ2v) is 6.91. The number of likely N-dealkylation sites (tertiary alicyclic amines) is 1. The molecule has 22 heavy (non-hydrogen) atoms. The summed E-state index contributed by atoms with van der Waals surface area (Å²) >= 11 is 1.75. The van der Waals surface area contributed by atoms with Crippen molar-refractivity contribution in [2.45, 2.75) is 26.2 Å². The fourth-order valence-corrected chi connectivity index (χ4v) is 4.37. The van der Waals surface area contributed by atoms with Crippen LogP contribution in [0.1, 0.15) is 35.4 Å². The lowest BCUT2D eigenvalue weighted by atomic mass is 10.1. The fraction of sp³-hybridized carbons (Fsp3) is 0.471. The van der Waals surface area contributed by atoms with Crippen molar-refractivity contribution in [1.82, 2.24) is 9.47 Å². The molecule has 116 valence electrons. The monoisotopic (exact) mass is 315 g/mol. The molecular formula is C17H21N3OS. The SMILES string of the molecule is Cc1csc2c1-n1cccc1/C2=N/OCCN1CCCCC1. The number of fused-ring (bicyclic) bond motifs is 3. The molecule has 4 heterocycles. The zero-order chi connectivity index (χ0) is 14.9. The van der Waals surface area contributed by atoms with Crippen molar-refractivity contribution in [2.75, 3.05) is 26.2 Å². The minimum Gasteiger partial charge on any atom is -0.394 e. The average molecular weight is 315 g/mol. The molecule has 0 bridgehead atoms. The minimum atomic E-state index is 0.671. The van der Waals surface area contributed by atoms with Gasteiger partial charge in [-0.2, -0.15) is 0 Å². The number of aryl methyl sites for hydroxylation is 1. The van der Waals surface area contributed by atoms with E-state index in [-0.39, 0.29) is 0 Å². The van der Waals surface area contributed by atoms with E-state index in [4.69, 9.17) is 4.84 Å². The molecule has 0 atom stereocenters. The number of aromatic nitrogens is 1. The van der Waals surface area contributed by atoms with Crippen molar-refractivity contribution >= 4 is 17.0 Å². The summed E-state index contributed by atoms with van der Waals surface area (Å²) in [4.78, 5) is 9.35. The molecule has 0 radical (unpaired) electrons. The van der Waals surface area contributed by atoms with Crippen LogP contribution in [0, 0.1) is 6.92 Å². The summed E-state index contributed by atoms with van der Waals surface area (Å²) in [5, 5.41) is 6.65. The lowest BCUT2D eigenvalue weighted by molar-refractivity contribution is 0.103. The first-order chi connectivity index (χ1) is 10.8. The van der Waals surface area contributed by atoms with E-state index in [1.54, 1.807) is 11.3 Å². The Kier molecular flexibility index (Phi) is 3.76. The topological polar surface area (TPSA) is 29.8 Å². The van der Waals surface area contributed by atoms with Gasteiger partial charge in [-0.25, -0.2) is 0 Å². The average Bonchev–Trinajstić information content (AvgIpc) is 3.20. The summed E-state index contributed by atoms with van der Waals surface area (Å²) in [6, 6.07) is 4.18. The summed E-state index contributed by atoms with van der Waals surface area (Å²) in [5.74, 6) is 0. The second kappa shape index (κ2) is 5.89. The highest BCUT2D eigenvalue weighted by Gasteiger charge is 2.28. The minimum absolute atomic E-state index is 0.671. The number of rotatable bonds is 4. The first-order valence-corrected chi connectivity index (χ1v) is 8.91. The molecule has 2 aromatic heterocycles. The van der Waals surface area contributed by atoms with Crippen LogP contribution in [-0.4, -0.2) is 41.4 Å². The molecule has 0 unspecified atom stereocenters. The van der Waals surface area contributed by atoms with Gasteiger partial charge in [0.05, 0.1) is 16.3 Å². The third-order valence-corrected chi connectivity index (χ3v) is 5.59. The van der Waals surface area contributed by atoms with Crippen LogP contribution in [0.3, 0.4) is 0 Å². The predicted octanol–water partition coefficient (Wildman–Crippen LogP) is 3.42. The van der Waals surface area contributed by atoms with E-state index in [0.29, 0.717) is 6.61 Å². The van der Waals surface area contributed by atoms with Crippen molar-refractivity contribution in [3.8, 4) is 5.69 Å². The number of nitrogens with zero attached hydrogens (tertiary/aromatic N) is 3. The third kappa shape index (κ3) is 2.38. The van der Waals surface area contributed by atoms with Crippen LogP contribution in [0.15, 0.2) is 28.9 Å². The van der Waals surface area contributed by atoms with Crippen molar-refractivity contribution in [1.29, 1.82) is 0 Å². The molecule has 0 spiro atoms. The van der Waals surface area contributed by atoms with E-state index in [0.717, 1.165) is 18.0 Å². The molecule has 4 nitrogen and oxygen atoms in total. The van der Waals surface area contributed by atoms with Crippen molar-refractivity contribution in [2.24, 2.45) is 5.16 Å². The maximum atomic E-state index is 5.65. The van der Waals surface area contributed by atoms with Crippen LogP contribution in [-0.2, 0) is 4.84 Å². The van der Waals surface area contributed by atoms with Gasteiger partial charge in [0.25, 0.3) is 0 Å². The molecule has 0 saturated carbocycles. The van der Waals surface area contributed by atoms with E-state index in [9.17, 15) is 0 Å². The Morgan fingerprint density at radius 2 is 2.14 bits per heavy atom. The lowest BCUT2D eigenvalue weighted by Crippen LogP contribution is -2.32. The first kappa shape index (κ1) is 14.0. The molecular weight excluding hydrogens is 294 g/mol. The van der Waals surface area contributed by atoms with Crippen LogP contribution >= 0.6 is 11.3 Å². The van der Waals surface area contributed by atoms with Gasteiger partial charge in [0, 0.05) is 12.7 Å². The Morgan fingerprint density at radius 1 is 1.27 bits per heavy atom. The summed E-state index contributed by atoms with van der Waals surface area (Å²) < 4.78 is 2.22. The first-order valence-electron chi connectivity index (χ1n) is 8.03. The molecule has 0 aliphatic carbocycles. The van der Waals surface area contributed by atoms with Gasteiger partial charge in [0.15, 0.2) is 0 Å². The van der Waals surface area contributed by atoms with Crippen molar-refractivity contribution in [3.05, 3.63) is 39.8 Å². The normalized spacial score (nSPS) is 19.4. The van der Waals surface area contributed by atoms with Gasteiger partial charge in [-0.15, -0.1) is 11.3 Å². The molecule has 0 amide bonds. The van der Waals surface area contributed by atoms with E-state index >= 15 is 0 Å². The standard InChI is InChI=1S/C17H21N3OS/c1-13-12-22-17-15(14-6-5-9-20(14)16(13)17)18-21-11-10-19-7-3-2-4-8-19/h5-6,9,12H,2-4,7-8,10-11H2,1H3/b18-15-. The van der Waals surface area contributed by atoms with Crippen LogP contribution in [0.2, 0.25) is 0 Å². The number of oxime groups is 1. The number of hydrogen-bond donors (Lipinski definition) is 0. The summed E-state index contributed by atoms with van der Waals surface area (Å²) in [5.41, 5.74) is 4.69. The van der Waals surface area contributed by atoms with Crippen molar-refractivity contribution < 1.29 is 4.84 Å². The Bertz CT molecular complexity index is 695. The highest BCUT2D eigenvalue weighted by Crippen LogP contribution is 2.35. The Balaban J connectivity index is 1.46. The van der Waals surface area contributed by atoms with Gasteiger partial charge in [-0.3, -0.25) is 4.90 Å². The Hall–Kier alpha value is -1.59. The molecule has 0 N–H and O–H groups in total. The summed E-state index contributed by atoms with van der Waals surface area (Å²) in [7, 11) is 0. The maximum absolute atomic E-state index is 5.65. The summed E-state index contributed by atoms with van der Waals surface area (Å²) in [6.45, 7) is 6.21. The smallest absolute Gasteiger partial charge is 0.146 e. The molecule has 1 saturated heterocycles. The molecule has 2 aromatic rings. The van der Waals surface area contributed by atoms with Crippen LogP contribution in [0.5, 0.6) is 0 Å². The highest BCUT2D eigenvalue weighted by atomic mass is 32.1. The van der Waals surface area contributed by atoms with Crippen LogP contribution in [0.4, 0.5) is 0 Å². The number of hydrogen-bond acceptors (Lipinski definition) is 4. The Labute approximate surface area is 135 Å². The van der Waals surface area contributed by atoms with E-state index in [2.05, 4.69) is 45.3 Å². The van der Waals surface area contributed by atoms with E-state index < -0.39 is 0 Å². The molecule has 1 fully saturated rings. The molecule has 0 aromatic carbocycles. The van der Waals surface area contributed by atoms with E-state index in [1.807, 2.05) is 0 Å². The maximum Gasteiger partial charge on any atom is 0.146 e. The fourth-order valence-electron chi connectivity index (χ4n) is 3.34. The molecule has 2 aliphatic heterocycles. The van der Waals surface area contributed by atoms with Crippen molar-refractivity contribution in [3.63, 3.8) is 0 Å². The third-order valence-electron chi connectivity index (χ3n) is 4.49. The van der Waals surface area contributed by atoms with Crippen LogP contribution in [0.25, 0.3) is 5.69 Å². The van der Waals surface area contributed by atoms with Gasteiger partial charge < -0.3 is 9.40 Å². The molecule has 2 aliphatic rings. The van der Waals surface area contributed by atoms with Gasteiger partial charge in [0.1, 0.15) is 12.3 Å². The van der Waals surface area contributed by atoms with Gasteiger partial charge >= 0.3 is 0 Å². The van der Waals surface area contributed by atoms with Gasteiger partial charge in [-0.05, 0) is 55.9 Å². The predicted molar refractivity (Wildman–Crippen MR) is 90.3 cm³/mol. The van der Waals surface area contributed by atoms with Gasteiger partial charge in [-0.1, -0.05) is 11.6 Å². The quantitative estimate of drug-likeness (QED) is 0.545. The zero-order valence-corrected chi connectivity index (χ0v) is 13.7. The molecule has 5 heteroatoms. The molecule has 4 rings (SSSR count). The van der Waals surface area contributed by atoms with E-state index in [1.165, 1.54) is 48.5 Å². The zero-order valence-electron chi connectivity index (χ0n) is 12.9. The number of piperidine rings is 1. The number of thiophene rings is 1. The van der Waals surface area contributed by atoms with Gasteiger partial charge in [0.2, 0.25) is 0 Å². The highest BCUT2D eigenvalue weighted by molar-refractivity contribution is 7.13. The largest absolute Gasteiger partial charge is 0.394 e. The Morgan fingerprint density at radius 3 is 3.00 bits per heavy atom. The van der Waals surface area contributed by atoms with Crippen LogP contribution < -0.4 is 0 Å². The summed E-state index contributed by atoms with van der Waals surface area (Å²) in [6.07, 6.45) is 6.11. The second-order valence-electron chi connectivity index (χ2n) is 6.04. The lowest BCUT2D eigenvalue weighted by Gasteiger charge is -2.25.